The molecule has 0 saturated heterocycles. The SMILES string of the molecule is C=C(C)C(=O)OCC(O)CC.C=C(C)C(=O)OCCOC(C)C.C=C(C)C(=O)OCCOCCOC(C)C.C=CC(=O)OCCOC(C)C.C=CC(=O)OCCOCCOC(C)C. The number of aliphatic hydroxyl groups excluding tert-OH is 1. The van der Waals surface area contributed by atoms with E-state index in [-0.39, 0.29) is 56.2 Å². The van der Waals surface area contributed by atoms with Crippen LogP contribution >= 0.6 is 0 Å². The molecule has 0 aliphatic carbocycles. The Hall–Kier alpha value is -4.23. The van der Waals surface area contributed by atoms with E-state index in [0.29, 0.717) is 89.2 Å². The van der Waals surface area contributed by atoms with Crippen molar-refractivity contribution in [3.05, 3.63) is 61.8 Å². The zero-order valence-electron chi connectivity index (χ0n) is 40.5. The van der Waals surface area contributed by atoms with E-state index in [2.05, 4.69) is 42.4 Å². The molecular formula is C46H82O17. The highest BCUT2D eigenvalue weighted by Crippen LogP contribution is 1.97. The van der Waals surface area contributed by atoms with Crippen molar-refractivity contribution < 1.29 is 81.2 Å². The van der Waals surface area contributed by atoms with Crippen molar-refractivity contribution in [1.82, 2.24) is 0 Å². The van der Waals surface area contributed by atoms with Crippen molar-refractivity contribution in [2.45, 2.75) is 120 Å². The minimum atomic E-state index is -0.557. The first kappa shape index (κ1) is 67.8. The minimum absolute atomic E-state index is 0.0577. The van der Waals surface area contributed by atoms with Crippen LogP contribution in [0.5, 0.6) is 0 Å². The molecule has 0 aromatic carbocycles. The van der Waals surface area contributed by atoms with Gasteiger partial charge in [-0.25, -0.2) is 24.0 Å². The number of carbonyl (C=O) groups excluding carboxylic acids is 5. The van der Waals surface area contributed by atoms with Gasteiger partial charge in [-0.05, 0) is 82.6 Å². The zero-order chi connectivity index (χ0) is 49.6. The molecule has 0 rings (SSSR count). The Bertz CT molecular complexity index is 1240. The van der Waals surface area contributed by atoms with Crippen LogP contribution in [0.25, 0.3) is 0 Å². The fraction of sp³-hybridized carbons (Fsp3) is 0.674. The number of ether oxygens (including phenoxy) is 11. The van der Waals surface area contributed by atoms with Crippen LogP contribution in [0.1, 0.15) is 89.5 Å². The molecule has 0 bridgehead atoms. The van der Waals surface area contributed by atoms with Gasteiger partial charge in [0, 0.05) is 28.9 Å². The van der Waals surface area contributed by atoms with E-state index in [0.717, 1.165) is 12.2 Å². The summed E-state index contributed by atoms with van der Waals surface area (Å²) in [6.07, 6.45) is 3.08. The van der Waals surface area contributed by atoms with E-state index in [1.807, 2.05) is 62.3 Å². The summed E-state index contributed by atoms with van der Waals surface area (Å²) in [5.74, 6) is -2.01. The molecule has 0 heterocycles. The average Bonchev–Trinajstić information content (AvgIpc) is 3.22. The van der Waals surface area contributed by atoms with Crippen molar-refractivity contribution in [2.75, 3.05) is 85.9 Å². The Labute approximate surface area is 378 Å². The van der Waals surface area contributed by atoms with Crippen molar-refractivity contribution >= 4 is 29.8 Å². The standard InChI is InChI=1S/C11H20O4.C10H18O4.C9H16O3.2C8H14O3/c1-9(2)11(12)15-8-6-13-5-7-14-10(3)4;1-4-10(11)14-8-6-12-5-7-13-9(2)3;1-7(2)9(10)12-6-5-11-8(3)4;1-4-8(9)11-6-5-10-7(2)3;1-4-7(9)5-11-8(10)6(2)3/h10H,1,5-8H2,2-4H3;4,9H,1,5-8H2,2-3H3;8H,1,5-6H2,2-4H3;4,7H,1,5-6H2,2-3H3;7,9H,2,4-5H2,1,3H3. The molecule has 1 N–H and O–H groups in total. The number of rotatable bonds is 30. The second kappa shape index (κ2) is 48.8. The van der Waals surface area contributed by atoms with Crippen molar-refractivity contribution in [3.63, 3.8) is 0 Å². The molecule has 368 valence electrons. The first-order chi connectivity index (χ1) is 29.5. The summed E-state index contributed by atoms with van der Waals surface area (Å²) in [5, 5.41) is 8.98. The van der Waals surface area contributed by atoms with Crippen LogP contribution in [-0.2, 0) is 76.1 Å². The van der Waals surface area contributed by atoms with E-state index in [1.54, 1.807) is 20.8 Å². The Morgan fingerprint density at radius 3 is 0.984 bits per heavy atom. The average molecular weight is 907 g/mol. The van der Waals surface area contributed by atoms with Crippen molar-refractivity contribution in [1.29, 1.82) is 0 Å². The summed E-state index contributed by atoms with van der Waals surface area (Å²) in [7, 11) is 0. The van der Waals surface area contributed by atoms with Crippen LogP contribution in [0.2, 0.25) is 0 Å². The first-order valence-corrected chi connectivity index (χ1v) is 20.8. The Morgan fingerprint density at radius 2 is 0.698 bits per heavy atom. The molecule has 0 aliphatic heterocycles. The predicted molar refractivity (Wildman–Crippen MR) is 242 cm³/mol. The summed E-state index contributed by atoms with van der Waals surface area (Å²) in [6, 6.07) is 0. The van der Waals surface area contributed by atoms with Crippen molar-refractivity contribution in [3.8, 4) is 0 Å². The highest BCUT2D eigenvalue weighted by Gasteiger charge is 2.07. The Morgan fingerprint density at radius 1 is 0.444 bits per heavy atom. The normalized spacial score (nSPS) is 10.5. The number of hydrogen-bond acceptors (Lipinski definition) is 17. The summed E-state index contributed by atoms with van der Waals surface area (Å²) in [5.41, 5.74) is 1.17. The van der Waals surface area contributed by atoms with Crippen LogP contribution in [0.4, 0.5) is 0 Å². The summed E-state index contributed by atoms with van der Waals surface area (Å²) in [6.45, 7) is 44.0. The van der Waals surface area contributed by atoms with Gasteiger partial charge < -0.3 is 57.2 Å². The highest BCUT2D eigenvalue weighted by atomic mass is 16.6. The summed E-state index contributed by atoms with van der Waals surface area (Å²) < 4.78 is 54.8. The van der Waals surface area contributed by atoms with Gasteiger partial charge in [-0.3, -0.25) is 0 Å². The monoisotopic (exact) mass is 907 g/mol. The van der Waals surface area contributed by atoms with Gasteiger partial charge in [0.1, 0.15) is 33.0 Å². The van der Waals surface area contributed by atoms with E-state index in [9.17, 15) is 24.0 Å². The lowest BCUT2D eigenvalue weighted by atomic mass is 10.3. The molecule has 63 heavy (non-hydrogen) atoms. The molecule has 17 heteroatoms. The van der Waals surface area contributed by atoms with Gasteiger partial charge >= 0.3 is 29.8 Å². The van der Waals surface area contributed by atoms with Gasteiger partial charge in [-0.2, -0.15) is 0 Å². The van der Waals surface area contributed by atoms with E-state index in [4.69, 9.17) is 47.7 Å². The smallest absolute Gasteiger partial charge is 0.333 e. The van der Waals surface area contributed by atoms with Gasteiger partial charge in [0.15, 0.2) is 0 Å². The third-order valence-electron chi connectivity index (χ3n) is 6.09. The lowest BCUT2D eigenvalue weighted by molar-refractivity contribution is -0.142. The number of esters is 5. The third kappa shape index (κ3) is 64.5. The van der Waals surface area contributed by atoms with E-state index < -0.39 is 24.0 Å². The minimum Gasteiger partial charge on any atom is -0.460 e. The molecular weight excluding hydrogens is 824 g/mol. The first-order valence-electron chi connectivity index (χ1n) is 20.8. The second-order valence-electron chi connectivity index (χ2n) is 13.9. The molecule has 1 atom stereocenters. The van der Waals surface area contributed by atoms with Crippen LogP contribution in [0.3, 0.4) is 0 Å². The Balaban J connectivity index is -0.000000224. The molecule has 17 nitrogen and oxygen atoms in total. The summed E-state index contributed by atoms with van der Waals surface area (Å²) >= 11 is 0. The second-order valence-corrected chi connectivity index (χ2v) is 13.9. The summed E-state index contributed by atoms with van der Waals surface area (Å²) in [4.78, 5) is 53.5. The van der Waals surface area contributed by atoms with Gasteiger partial charge in [0.2, 0.25) is 0 Å². The highest BCUT2D eigenvalue weighted by molar-refractivity contribution is 5.87. The largest absolute Gasteiger partial charge is 0.460 e. The topological polar surface area (TPSA) is 207 Å². The van der Waals surface area contributed by atoms with Gasteiger partial charge in [0.25, 0.3) is 0 Å². The zero-order valence-corrected chi connectivity index (χ0v) is 40.5. The molecule has 0 spiro atoms. The number of aliphatic hydroxyl groups is 1. The molecule has 0 amide bonds. The van der Waals surface area contributed by atoms with Crippen LogP contribution in [0.15, 0.2) is 61.8 Å². The number of carbonyl (C=O) groups is 5. The van der Waals surface area contributed by atoms with Crippen LogP contribution < -0.4 is 0 Å². The molecule has 1 unspecified atom stereocenters. The van der Waals surface area contributed by atoms with Gasteiger partial charge in [-0.15, -0.1) is 0 Å². The lowest BCUT2D eigenvalue weighted by Crippen LogP contribution is -2.17. The van der Waals surface area contributed by atoms with Gasteiger partial charge in [0.05, 0.1) is 83.4 Å². The van der Waals surface area contributed by atoms with E-state index in [1.165, 1.54) is 0 Å². The molecule has 0 saturated carbocycles. The van der Waals surface area contributed by atoms with E-state index >= 15 is 0 Å². The molecule has 0 radical (unpaired) electrons. The quantitative estimate of drug-likeness (QED) is 0.0366. The van der Waals surface area contributed by atoms with Crippen LogP contribution in [-0.4, -0.2) is 151 Å². The van der Waals surface area contributed by atoms with Gasteiger partial charge in [-0.1, -0.05) is 39.8 Å². The van der Waals surface area contributed by atoms with Crippen molar-refractivity contribution in [2.24, 2.45) is 0 Å². The predicted octanol–water partition coefficient (Wildman–Crippen LogP) is 6.25. The maximum absolute atomic E-state index is 10.9. The molecule has 0 aliphatic rings. The fourth-order valence-electron chi connectivity index (χ4n) is 2.91. The van der Waals surface area contributed by atoms with Crippen LogP contribution in [0, 0.1) is 0 Å². The lowest BCUT2D eigenvalue weighted by Gasteiger charge is -2.08. The molecule has 0 fully saturated rings. The Kier molecular flexibility index (Phi) is 52.5. The maximum Gasteiger partial charge on any atom is 0.333 e. The molecule has 0 aromatic rings. The molecule has 0 aromatic heterocycles. The number of hydrogen-bond donors (Lipinski definition) is 1. The third-order valence-corrected chi connectivity index (χ3v) is 6.09. The fourth-order valence-corrected chi connectivity index (χ4v) is 2.91. The maximum atomic E-state index is 10.9.